The SMILES string of the molecule is CNC(=S)NS(=O)(=O)c1cc(CCNC(=O)c2cnc3ccccc3c2)ccc1OCCc1ccccc1. The molecule has 38 heavy (non-hydrogen) atoms. The van der Waals surface area contributed by atoms with Gasteiger partial charge in [0.1, 0.15) is 10.6 Å². The smallest absolute Gasteiger partial charge is 0.267 e. The Hall–Kier alpha value is -4.02. The first-order valence-electron chi connectivity index (χ1n) is 12.0. The number of fused-ring (bicyclic) bond motifs is 1. The fourth-order valence-electron chi connectivity index (χ4n) is 3.81. The van der Waals surface area contributed by atoms with Crippen molar-refractivity contribution in [2.45, 2.75) is 17.7 Å². The zero-order valence-corrected chi connectivity index (χ0v) is 22.4. The van der Waals surface area contributed by atoms with E-state index in [-0.39, 0.29) is 21.7 Å². The Kier molecular flexibility index (Phi) is 8.88. The van der Waals surface area contributed by atoms with Gasteiger partial charge in [-0.3, -0.25) is 14.5 Å². The lowest BCUT2D eigenvalue weighted by Crippen LogP contribution is -2.37. The Bertz CT molecular complexity index is 1540. The van der Waals surface area contributed by atoms with Crippen LogP contribution < -0.4 is 20.1 Å². The Labute approximate surface area is 227 Å². The number of rotatable bonds is 10. The normalized spacial score (nSPS) is 11.1. The van der Waals surface area contributed by atoms with Gasteiger partial charge in [0.25, 0.3) is 15.9 Å². The number of amides is 1. The number of carbonyl (C=O) groups is 1. The van der Waals surface area contributed by atoms with Crippen molar-refractivity contribution in [1.82, 2.24) is 20.3 Å². The highest BCUT2D eigenvalue weighted by molar-refractivity contribution is 7.92. The van der Waals surface area contributed by atoms with Crippen LogP contribution in [0.4, 0.5) is 0 Å². The molecule has 196 valence electrons. The average Bonchev–Trinajstić information content (AvgIpc) is 2.93. The van der Waals surface area contributed by atoms with Crippen LogP contribution in [0.25, 0.3) is 10.9 Å². The number of nitrogens with one attached hydrogen (secondary N) is 3. The third-order valence-electron chi connectivity index (χ3n) is 5.79. The summed E-state index contributed by atoms with van der Waals surface area (Å²) in [5.74, 6) is -0.0274. The molecule has 0 saturated carbocycles. The van der Waals surface area contributed by atoms with Crippen LogP contribution in [0.15, 0.2) is 90.0 Å². The molecule has 1 amide bonds. The number of hydrogen-bond donors (Lipinski definition) is 3. The summed E-state index contributed by atoms with van der Waals surface area (Å²) >= 11 is 5.01. The van der Waals surface area contributed by atoms with E-state index >= 15 is 0 Å². The number of thiocarbonyl (C=S) groups is 1. The predicted octanol–water partition coefficient (Wildman–Crippen LogP) is 3.61. The van der Waals surface area contributed by atoms with E-state index in [4.69, 9.17) is 17.0 Å². The molecule has 0 fully saturated rings. The Morgan fingerprint density at radius 1 is 0.947 bits per heavy atom. The van der Waals surface area contributed by atoms with Crippen molar-refractivity contribution >= 4 is 44.2 Å². The molecular formula is C28H28N4O4S2. The van der Waals surface area contributed by atoms with Crippen molar-refractivity contribution < 1.29 is 17.9 Å². The summed E-state index contributed by atoms with van der Waals surface area (Å²) in [6.07, 6.45) is 2.58. The Balaban J connectivity index is 1.45. The fourth-order valence-corrected chi connectivity index (χ4v) is 5.29. The maximum atomic E-state index is 13.1. The average molecular weight is 549 g/mol. The Morgan fingerprint density at radius 3 is 2.50 bits per heavy atom. The van der Waals surface area contributed by atoms with Gasteiger partial charge in [-0.25, -0.2) is 8.42 Å². The first kappa shape index (κ1) is 27.0. The minimum Gasteiger partial charge on any atom is -0.492 e. The van der Waals surface area contributed by atoms with Gasteiger partial charge in [0, 0.05) is 31.6 Å². The van der Waals surface area contributed by atoms with Gasteiger partial charge < -0.3 is 15.4 Å². The summed E-state index contributed by atoms with van der Waals surface area (Å²) in [6.45, 7) is 0.611. The van der Waals surface area contributed by atoms with E-state index in [1.54, 1.807) is 30.5 Å². The highest BCUT2D eigenvalue weighted by Gasteiger charge is 2.22. The zero-order chi connectivity index (χ0) is 27.0. The lowest BCUT2D eigenvalue weighted by molar-refractivity contribution is 0.0954. The van der Waals surface area contributed by atoms with Gasteiger partial charge in [-0.1, -0.05) is 54.6 Å². The number of para-hydroxylation sites is 1. The van der Waals surface area contributed by atoms with E-state index in [1.165, 1.54) is 7.05 Å². The number of benzene rings is 3. The van der Waals surface area contributed by atoms with Crippen LogP contribution in [0.5, 0.6) is 5.75 Å². The van der Waals surface area contributed by atoms with Crippen molar-refractivity contribution in [3.8, 4) is 5.75 Å². The minimum absolute atomic E-state index is 0.0225. The first-order chi connectivity index (χ1) is 18.4. The third-order valence-corrected chi connectivity index (χ3v) is 7.60. The molecule has 8 nitrogen and oxygen atoms in total. The fraction of sp³-hybridized carbons (Fsp3) is 0.179. The summed E-state index contributed by atoms with van der Waals surface area (Å²) in [5.41, 5.74) is 3.07. The highest BCUT2D eigenvalue weighted by Crippen LogP contribution is 2.26. The predicted molar refractivity (Wildman–Crippen MR) is 152 cm³/mol. The molecular weight excluding hydrogens is 520 g/mol. The maximum absolute atomic E-state index is 13.1. The van der Waals surface area contributed by atoms with Crippen LogP contribution in [0.3, 0.4) is 0 Å². The standard InChI is InChI=1S/C28H28N4O4S2/c1-29-28(37)32-38(34,35)26-17-21(11-12-25(26)36-16-14-20-7-3-2-4-8-20)13-15-30-27(33)23-18-22-9-5-6-10-24(22)31-19-23/h2-12,17-19H,13-16H2,1H3,(H,30,33)(H2,29,32,37). The number of pyridine rings is 1. The molecule has 1 heterocycles. The van der Waals surface area contributed by atoms with E-state index in [9.17, 15) is 13.2 Å². The number of sulfonamides is 1. The monoisotopic (exact) mass is 548 g/mol. The summed E-state index contributed by atoms with van der Waals surface area (Å²) in [6, 6.07) is 24.1. The molecule has 0 radical (unpaired) electrons. The van der Waals surface area contributed by atoms with Crippen LogP contribution in [0.1, 0.15) is 21.5 Å². The number of aromatic nitrogens is 1. The molecule has 0 saturated heterocycles. The van der Waals surface area contributed by atoms with Crippen LogP contribution in [0, 0.1) is 0 Å². The number of hydrogen-bond acceptors (Lipinski definition) is 6. The molecule has 0 aliphatic rings. The summed E-state index contributed by atoms with van der Waals surface area (Å²) in [7, 11) is -2.47. The molecule has 4 aromatic rings. The first-order valence-corrected chi connectivity index (χ1v) is 13.9. The van der Waals surface area contributed by atoms with E-state index in [0.717, 1.165) is 16.5 Å². The molecule has 0 aliphatic heterocycles. The van der Waals surface area contributed by atoms with Gasteiger partial charge in [0.05, 0.1) is 17.7 Å². The van der Waals surface area contributed by atoms with Crippen molar-refractivity contribution in [3.63, 3.8) is 0 Å². The highest BCUT2D eigenvalue weighted by atomic mass is 32.2. The zero-order valence-electron chi connectivity index (χ0n) is 20.8. The molecule has 0 bridgehead atoms. The van der Waals surface area contributed by atoms with Gasteiger partial charge in [-0.2, -0.15) is 0 Å². The van der Waals surface area contributed by atoms with E-state index in [1.807, 2.05) is 54.6 Å². The van der Waals surface area contributed by atoms with E-state index in [0.29, 0.717) is 37.1 Å². The largest absolute Gasteiger partial charge is 0.492 e. The van der Waals surface area contributed by atoms with Gasteiger partial charge >= 0.3 is 0 Å². The molecule has 0 atom stereocenters. The second-order valence-corrected chi connectivity index (χ2v) is 10.5. The quantitative estimate of drug-likeness (QED) is 0.260. The minimum atomic E-state index is -4.00. The second-order valence-electron chi connectivity index (χ2n) is 8.47. The molecule has 0 aliphatic carbocycles. The molecule has 0 unspecified atom stereocenters. The Morgan fingerprint density at radius 2 is 1.71 bits per heavy atom. The van der Waals surface area contributed by atoms with Gasteiger partial charge in [0.15, 0.2) is 5.11 Å². The number of ether oxygens (including phenoxy) is 1. The molecule has 3 N–H and O–H groups in total. The van der Waals surface area contributed by atoms with Crippen molar-refractivity contribution in [1.29, 1.82) is 0 Å². The van der Waals surface area contributed by atoms with E-state index < -0.39 is 10.0 Å². The molecule has 4 rings (SSSR count). The van der Waals surface area contributed by atoms with Crippen molar-refractivity contribution in [3.05, 3.63) is 102 Å². The lowest BCUT2D eigenvalue weighted by Gasteiger charge is -2.15. The van der Waals surface area contributed by atoms with Crippen LogP contribution in [-0.4, -0.2) is 44.6 Å². The molecule has 3 aromatic carbocycles. The van der Waals surface area contributed by atoms with Crippen LogP contribution >= 0.6 is 12.2 Å². The van der Waals surface area contributed by atoms with Crippen LogP contribution in [0.2, 0.25) is 0 Å². The third kappa shape index (κ3) is 7.05. The summed E-state index contributed by atoms with van der Waals surface area (Å²) < 4.78 is 34.4. The molecule has 1 aromatic heterocycles. The summed E-state index contributed by atoms with van der Waals surface area (Å²) in [5, 5.41) is 6.34. The van der Waals surface area contributed by atoms with Crippen LogP contribution in [-0.2, 0) is 22.9 Å². The maximum Gasteiger partial charge on any atom is 0.267 e. The molecule has 10 heteroatoms. The van der Waals surface area contributed by atoms with Crippen molar-refractivity contribution in [2.75, 3.05) is 20.2 Å². The van der Waals surface area contributed by atoms with Gasteiger partial charge in [-0.05, 0) is 54.0 Å². The number of nitrogens with zero attached hydrogens (tertiary/aromatic N) is 1. The topological polar surface area (TPSA) is 109 Å². The van der Waals surface area contributed by atoms with Gasteiger partial charge in [0.2, 0.25) is 0 Å². The molecule has 0 spiro atoms. The summed E-state index contributed by atoms with van der Waals surface area (Å²) in [4.78, 5) is 17.0. The number of carbonyl (C=O) groups excluding carboxylic acids is 1. The van der Waals surface area contributed by atoms with Gasteiger partial charge in [-0.15, -0.1) is 0 Å². The van der Waals surface area contributed by atoms with Crippen molar-refractivity contribution in [2.24, 2.45) is 0 Å². The lowest BCUT2D eigenvalue weighted by atomic mass is 10.1. The van der Waals surface area contributed by atoms with E-state index in [2.05, 4.69) is 20.3 Å². The second kappa shape index (κ2) is 12.5.